The van der Waals surface area contributed by atoms with E-state index < -0.39 is 0 Å². The topological polar surface area (TPSA) is 48.5 Å². The van der Waals surface area contributed by atoms with Gasteiger partial charge in [0.25, 0.3) is 0 Å². The molecule has 0 saturated carbocycles. The number of nitrogens with zero attached hydrogens (tertiary/aromatic N) is 3. The lowest BCUT2D eigenvalue weighted by molar-refractivity contribution is -0.117. The number of hydrogen-bond acceptors (Lipinski definition) is 4. The van der Waals surface area contributed by atoms with Crippen molar-refractivity contribution in [2.45, 2.75) is 6.54 Å². The summed E-state index contributed by atoms with van der Waals surface area (Å²) in [5.41, 5.74) is 1.50. The largest absolute Gasteiger partial charge is 0.322 e. The first kappa shape index (κ1) is 17.8. The predicted octanol–water partition coefficient (Wildman–Crippen LogP) is 2.63. The monoisotopic (exact) mass is 362 g/mol. The Bertz CT molecular complexity index is 735. The third-order valence-electron chi connectivity index (χ3n) is 4.16. The van der Waals surface area contributed by atoms with Gasteiger partial charge in [-0.25, -0.2) is 9.37 Å². The quantitative estimate of drug-likeness (QED) is 0.831. The molecule has 1 fully saturated rings. The molecule has 0 aliphatic carbocycles. The van der Waals surface area contributed by atoms with Gasteiger partial charge in [-0.15, -0.1) is 0 Å². The average molecular weight is 363 g/mol. The van der Waals surface area contributed by atoms with Gasteiger partial charge in [-0.3, -0.25) is 14.6 Å². The van der Waals surface area contributed by atoms with E-state index in [0.717, 1.165) is 38.3 Å². The van der Waals surface area contributed by atoms with Gasteiger partial charge in [-0.2, -0.15) is 0 Å². The fourth-order valence-electron chi connectivity index (χ4n) is 2.87. The smallest absolute Gasteiger partial charge is 0.238 e. The number of hydrogen-bond donors (Lipinski definition) is 1. The van der Waals surface area contributed by atoms with Gasteiger partial charge in [0.15, 0.2) is 5.15 Å². The van der Waals surface area contributed by atoms with Gasteiger partial charge in [0.2, 0.25) is 5.91 Å². The summed E-state index contributed by atoms with van der Waals surface area (Å²) in [7, 11) is 0. The van der Waals surface area contributed by atoms with Crippen LogP contribution in [0.5, 0.6) is 0 Å². The Labute approximate surface area is 151 Å². The molecule has 1 N–H and O–H groups in total. The number of nitrogens with one attached hydrogen (secondary N) is 1. The van der Waals surface area contributed by atoms with Crippen LogP contribution in [-0.2, 0) is 11.3 Å². The minimum atomic E-state index is -0.207. The molecular formula is C18H20ClFN4O. The molecule has 7 heteroatoms. The molecule has 1 aliphatic rings. The van der Waals surface area contributed by atoms with Crippen LogP contribution in [0.2, 0.25) is 5.15 Å². The number of anilines is 1. The van der Waals surface area contributed by atoms with Gasteiger partial charge < -0.3 is 5.32 Å². The standard InChI is InChI=1S/C18H20ClFN4O/c19-18-16(5-2-6-21-18)22-17(25)13-24-9-7-23(8-10-24)12-14-3-1-4-15(20)11-14/h1-6,11H,7-10,12-13H2,(H,22,25). The Hall–Kier alpha value is -2.02. The highest BCUT2D eigenvalue weighted by Gasteiger charge is 2.19. The molecule has 1 aromatic heterocycles. The number of aromatic nitrogens is 1. The lowest BCUT2D eigenvalue weighted by Gasteiger charge is -2.34. The second-order valence-corrected chi connectivity index (χ2v) is 6.43. The molecule has 0 radical (unpaired) electrons. The number of pyridine rings is 1. The van der Waals surface area contributed by atoms with Gasteiger partial charge in [0.05, 0.1) is 12.2 Å². The molecule has 0 spiro atoms. The van der Waals surface area contributed by atoms with Crippen LogP contribution in [0, 0.1) is 5.82 Å². The minimum Gasteiger partial charge on any atom is -0.322 e. The zero-order valence-corrected chi connectivity index (χ0v) is 14.5. The number of rotatable bonds is 5. The molecule has 3 rings (SSSR count). The molecule has 1 aromatic carbocycles. The van der Waals surface area contributed by atoms with Crippen molar-refractivity contribution >= 4 is 23.2 Å². The third-order valence-corrected chi connectivity index (χ3v) is 4.46. The highest BCUT2D eigenvalue weighted by molar-refractivity contribution is 6.32. The lowest BCUT2D eigenvalue weighted by atomic mass is 10.2. The Morgan fingerprint density at radius 2 is 1.92 bits per heavy atom. The fraction of sp³-hybridized carbons (Fsp3) is 0.333. The SMILES string of the molecule is O=C(CN1CCN(Cc2cccc(F)c2)CC1)Nc1cccnc1Cl. The maximum absolute atomic E-state index is 13.2. The lowest BCUT2D eigenvalue weighted by Crippen LogP contribution is -2.48. The van der Waals surface area contributed by atoms with E-state index in [1.807, 2.05) is 6.07 Å². The van der Waals surface area contributed by atoms with E-state index in [2.05, 4.69) is 20.1 Å². The summed E-state index contributed by atoms with van der Waals surface area (Å²) in [5.74, 6) is -0.310. The van der Waals surface area contributed by atoms with E-state index in [4.69, 9.17) is 11.6 Å². The summed E-state index contributed by atoms with van der Waals surface area (Å²) in [6.07, 6.45) is 1.58. The van der Waals surface area contributed by atoms with Gasteiger partial charge in [0, 0.05) is 38.9 Å². The van der Waals surface area contributed by atoms with Crippen molar-refractivity contribution in [3.63, 3.8) is 0 Å². The molecule has 0 unspecified atom stereocenters. The zero-order valence-electron chi connectivity index (χ0n) is 13.8. The van der Waals surface area contributed by atoms with Crippen LogP contribution in [0.15, 0.2) is 42.6 Å². The van der Waals surface area contributed by atoms with Crippen molar-refractivity contribution in [1.82, 2.24) is 14.8 Å². The van der Waals surface area contributed by atoms with Crippen molar-refractivity contribution < 1.29 is 9.18 Å². The molecule has 2 heterocycles. The zero-order chi connectivity index (χ0) is 17.6. The van der Waals surface area contributed by atoms with Crippen LogP contribution in [0.4, 0.5) is 10.1 Å². The van der Waals surface area contributed by atoms with Crippen LogP contribution in [0.3, 0.4) is 0 Å². The van der Waals surface area contributed by atoms with E-state index in [1.165, 1.54) is 6.07 Å². The number of carbonyl (C=O) groups excluding carboxylic acids is 1. The number of benzene rings is 1. The van der Waals surface area contributed by atoms with E-state index in [0.29, 0.717) is 12.2 Å². The van der Waals surface area contributed by atoms with Gasteiger partial charge in [-0.05, 0) is 29.8 Å². The Morgan fingerprint density at radius 3 is 2.64 bits per heavy atom. The molecular weight excluding hydrogens is 343 g/mol. The molecule has 2 aromatic rings. The Kier molecular flexibility index (Phi) is 5.96. The number of amides is 1. The van der Waals surface area contributed by atoms with E-state index in [9.17, 15) is 9.18 Å². The van der Waals surface area contributed by atoms with Crippen molar-refractivity contribution in [1.29, 1.82) is 0 Å². The van der Waals surface area contributed by atoms with Crippen LogP contribution in [0.1, 0.15) is 5.56 Å². The summed E-state index contributed by atoms with van der Waals surface area (Å²) in [4.78, 5) is 20.5. The summed E-state index contributed by atoms with van der Waals surface area (Å²) >= 11 is 5.95. The number of halogens is 2. The van der Waals surface area contributed by atoms with Crippen LogP contribution < -0.4 is 5.32 Å². The second kappa shape index (κ2) is 8.38. The summed E-state index contributed by atoms with van der Waals surface area (Å²) in [6.45, 7) is 4.32. The summed E-state index contributed by atoms with van der Waals surface area (Å²) in [6, 6.07) is 10.1. The molecule has 5 nitrogen and oxygen atoms in total. The molecule has 0 atom stereocenters. The average Bonchev–Trinajstić information content (AvgIpc) is 2.59. The van der Waals surface area contributed by atoms with E-state index in [1.54, 1.807) is 30.5 Å². The molecule has 132 valence electrons. The molecule has 0 bridgehead atoms. The fourth-order valence-corrected chi connectivity index (χ4v) is 3.04. The van der Waals surface area contributed by atoms with Crippen molar-refractivity contribution in [3.8, 4) is 0 Å². The highest BCUT2D eigenvalue weighted by Crippen LogP contribution is 2.17. The normalized spacial score (nSPS) is 15.9. The van der Waals surface area contributed by atoms with E-state index in [-0.39, 0.29) is 16.9 Å². The van der Waals surface area contributed by atoms with Gasteiger partial charge in [0.1, 0.15) is 5.82 Å². The van der Waals surface area contributed by atoms with Crippen molar-refractivity contribution in [3.05, 3.63) is 59.1 Å². The van der Waals surface area contributed by atoms with E-state index >= 15 is 0 Å². The molecule has 25 heavy (non-hydrogen) atoms. The predicted molar refractivity (Wildman–Crippen MR) is 96.0 cm³/mol. The molecule has 1 aliphatic heterocycles. The van der Waals surface area contributed by atoms with Crippen LogP contribution in [-0.4, -0.2) is 53.4 Å². The molecule has 1 saturated heterocycles. The first-order chi connectivity index (χ1) is 12.1. The maximum atomic E-state index is 13.2. The maximum Gasteiger partial charge on any atom is 0.238 e. The van der Waals surface area contributed by atoms with Crippen molar-refractivity contribution in [2.75, 3.05) is 38.0 Å². The summed E-state index contributed by atoms with van der Waals surface area (Å²) in [5, 5.41) is 3.07. The summed E-state index contributed by atoms with van der Waals surface area (Å²) < 4.78 is 13.2. The first-order valence-corrected chi connectivity index (χ1v) is 8.57. The second-order valence-electron chi connectivity index (χ2n) is 6.07. The minimum absolute atomic E-state index is 0.103. The molecule has 1 amide bonds. The highest BCUT2D eigenvalue weighted by atomic mass is 35.5. The number of carbonyl (C=O) groups is 1. The first-order valence-electron chi connectivity index (χ1n) is 8.20. The third kappa shape index (κ3) is 5.22. The van der Waals surface area contributed by atoms with Gasteiger partial charge >= 0.3 is 0 Å². The number of piperazine rings is 1. The van der Waals surface area contributed by atoms with Gasteiger partial charge in [-0.1, -0.05) is 23.7 Å². The van der Waals surface area contributed by atoms with Crippen LogP contribution >= 0.6 is 11.6 Å². The Balaban J connectivity index is 1.44. The Morgan fingerprint density at radius 1 is 1.16 bits per heavy atom. The van der Waals surface area contributed by atoms with Crippen LogP contribution in [0.25, 0.3) is 0 Å². The van der Waals surface area contributed by atoms with Crippen molar-refractivity contribution in [2.24, 2.45) is 0 Å².